The minimum Gasteiger partial charge on any atom is -0.444 e. The van der Waals surface area contributed by atoms with Crippen molar-refractivity contribution in [2.75, 3.05) is 23.1 Å². The topological polar surface area (TPSA) is 162 Å². The van der Waals surface area contributed by atoms with Gasteiger partial charge >= 0.3 is 6.09 Å². The third kappa shape index (κ3) is 7.99. The number of piperidine rings is 1. The highest BCUT2D eigenvalue weighted by Gasteiger charge is 2.28. The Hall–Kier alpha value is -5.83. The number of anilines is 2. The number of halogens is 1. The molecule has 0 aliphatic carbocycles. The van der Waals surface area contributed by atoms with E-state index in [1.165, 1.54) is 12.1 Å². The van der Waals surface area contributed by atoms with Gasteiger partial charge in [-0.3, -0.25) is 4.72 Å². The first-order chi connectivity index (χ1) is 25.3. The van der Waals surface area contributed by atoms with Crippen molar-refractivity contribution in [1.82, 2.24) is 25.0 Å². The molecule has 15 heteroatoms. The molecule has 0 saturated carbocycles. The third-order valence-electron chi connectivity index (χ3n) is 8.64. The molecule has 4 heterocycles. The van der Waals surface area contributed by atoms with E-state index < -0.39 is 27.2 Å². The number of hydrogen-bond donors (Lipinski definition) is 2. The van der Waals surface area contributed by atoms with Gasteiger partial charge in [0, 0.05) is 47.7 Å². The van der Waals surface area contributed by atoms with Gasteiger partial charge in [-0.2, -0.15) is 0 Å². The molecule has 6 aromatic rings. The molecule has 0 bridgehead atoms. The quantitative estimate of drug-likeness (QED) is 0.149. The van der Waals surface area contributed by atoms with Crippen LogP contribution in [-0.4, -0.2) is 64.3 Å². The van der Waals surface area contributed by atoms with Crippen LogP contribution in [0.5, 0.6) is 11.6 Å². The molecule has 1 atom stereocenters. The van der Waals surface area contributed by atoms with E-state index in [2.05, 4.69) is 25.2 Å². The van der Waals surface area contributed by atoms with Crippen LogP contribution in [0.3, 0.4) is 0 Å². The number of aromatic nitrogens is 4. The molecule has 2 N–H and O–H groups in total. The number of ether oxygens (including phenoxy) is 2. The van der Waals surface area contributed by atoms with E-state index in [4.69, 9.17) is 19.0 Å². The number of carbonyl (C=O) groups is 1. The van der Waals surface area contributed by atoms with Gasteiger partial charge in [0.25, 0.3) is 0 Å². The first kappa shape index (κ1) is 35.6. The van der Waals surface area contributed by atoms with E-state index in [1.54, 1.807) is 65.8 Å². The fourth-order valence-electron chi connectivity index (χ4n) is 6.23. The van der Waals surface area contributed by atoms with Crippen LogP contribution in [0.25, 0.3) is 33.0 Å². The number of carbonyl (C=O) groups excluding carboxylic acids is 1. The minimum absolute atomic E-state index is 0.0863. The lowest BCUT2D eigenvalue weighted by molar-refractivity contribution is 0.0206. The van der Waals surface area contributed by atoms with E-state index in [1.807, 2.05) is 33.8 Å². The number of aryl methyl sites for hydroxylation is 1. The van der Waals surface area contributed by atoms with Crippen molar-refractivity contribution in [2.45, 2.75) is 57.9 Å². The fraction of sp³-hybridized carbons (Fsp3) is 0.289. The summed E-state index contributed by atoms with van der Waals surface area (Å²) in [7, 11) is -4.13. The second-order valence-corrected chi connectivity index (χ2v) is 15.6. The number of likely N-dealkylation sites (tertiary alicyclic amines) is 1. The van der Waals surface area contributed by atoms with E-state index in [9.17, 15) is 13.2 Å². The number of fused-ring (bicyclic) bond motifs is 2. The Balaban J connectivity index is 1.14. The molecule has 7 rings (SSSR count). The zero-order valence-electron chi connectivity index (χ0n) is 29.6. The summed E-state index contributed by atoms with van der Waals surface area (Å²) in [5, 5.41) is 8.59. The van der Waals surface area contributed by atoms with Gasteiger partial charge in [-0.25, -0.2) is 32.6 Å². The maximum atomic E-state index is 15.4. The number of benzene rings is 3. The number of rotatable bonds is 9. The van der Waals surface area contributed by atoms with Gasteiger partial charge in [-0.05, 0) is 88.6 Å². The largest absolute Gasteiger partial charge is 0.444 e. The second kappa shape index (κ2) is 14.3. The van der Waals surface area contributed by atoms with Gasteiger partial charge in [0.1, 0.15) is 28.6 Å². The van der Waals surface area contributed by atoms with Crippen LogP contribution in [0.1, 0.15) is 44.9 Å². The number of amides is 1. The Morgan fingerprint density at radius 1 is 1.00 bits per heavy atom. The first-order valence-corrected chi connectivity index (χ1v) is 18.7. The van der Waals surface area contributed by atoms with E-state index in [0.29, 0.717) is 58.0 Å². The fourth-order valence-corrected chi connectivity index (χ4v) is 7.38. The summed E-state index contributed by atoms with van der Waals surface area (Å²) >= 11 is 0. The summed E-state index contributed by atoms with van der Waals surface area (Å²) in [6.45, 7) is 8.41. The molecule has 0 spiro atoms. The summed E-state index contributed by atoms with van der Waals surface area (Å²) in [5.74, 6) is -0.313. The van der Waals surface area contributed by atoms with E-state index in [-0.39, 0.29) is 34.8 Å². The number of hydrogen-bond acceptors (Lipinski definition) is 11. The molecule has 3 aromatic carbocycles. The molecular formula is C38H38FN7O6S. The number of para-hydroxylation sites is 1. The average molecular weight is 740 g/mol. The lowest BCUT2D eigenvalue weighted by atomic mass is 10.0. The van der Waals surface area contributed by atoms with Crippen molar-refractivity contribution in [3.05, 3.63) is 96.2 Å². The molecule has 3 aromatic heterocycles. The molecular weight excluding hydrogens is 702 g/mol. The Kier molecular flexibility index (Phi) is 9.60. The summed E-state index contributed by atoms with van der Waals surface area (Å²) in [4.78, 5) is 28.1. The monoisotopic (exact) mass is 739 g/mol. The molecule has 1 aliphatic heterocycles. The number of nitrogens with one attached hydrogen (secondary N) is 2. The number of nitrogens with zero attached hydrogens (tertiary/aromatic N) is 5. The summed E-state index contributed by atoms with van der Waals surface area (Å²) in [6.07, 6.45) is 4.48. The zero-order chi connectivity index (χ0) is 37.3. The first-order valence-electron chi connectivity index (χ1n) is 17.1. The molecule has 1 amide bonds. The number of pyridine rings is 1. The smallest absolute Gasteiger partial charge is 0.410 e. The molecule has 1 saturated heterocycles. The van der Waals surface area contributed by atoms with Gasteiger partial charge in [0.15, 0.2) is 5.58 Å². The van der Waals surface area contributed by atoms with Crippen LogP contribution >= 0.6 is 0 Å². The zero-order valence-corrected chi connectivity index (χ0v) is 30.4. The normalized spacial score (nSPS) is 15.0. The Labute approximate surface area is 305 Å². The highest BCUT2D eigenvalue weighted by Crippen LogP contribution is 2.40. The maximum absolute atomic E-state index is 15.4. The van der Waals surface area contributed by atoms with E-state index >= 15 is 4.39 Å². The molecule has 1 aliphatic rings. The van der Waals surface area contributed by atoms with E-state index in [0.717, 1.165) is 12.8 Å². The van der Waals surface area contributed by atoms with Gasteiger partial charge in [-0.15, -0.1) is 0 Å². The minimum atomic E-state index is -4.13. The molecule has 274 valence electrons. The van der Waals surface area contributed by atoms with Gasteiger partial charge in [-0.1, -0.05) is 29.4 Å². The van der Waals surface area contributed by atoms with Crippen molar-refractivity contribution < 1.29 is 31.6 Å². The lowest BCUT2D eigenvalue weighted by Gasteiger charge is -2.34. The van der Waals surface area contributed by atoms with Crippen molar-refractivity contribution in [3.63, 3.8) is 0 Å². The Morgan fingerprint density at radius 2 is 1.81 bits per heavy atom. The van der Waals surface area contributed by atoms with Crippen molar-refractivity contribution in [1.29, 1.82) is 0 Å². The average Bonchev–Trinajstić information content (AvgIpc) is 3.52. The molecule has 1 fully saturated rings. The van der Waals surface area contributed by atoms with Gasteiger partial charge in [0.2, 0.25) is 21.9 Å². The molecule has 13 nitrogen and oxygen atoms in total. The highest BCUT2D eigenvalue weighted by atomic mass is 32.2. The number of sulfonamides is 1. The summed E-state index contributed by atoms with van der Waals surface area (Å²) in [6, 6.07) is 18.2. The SMILES string of the molecule is Cc1ccc2c(NS(=O)(=O)Cc3noc4ccccc34)c(F)ccc2c1Oc1ncccc1-c1ccnc(N[C@H]2CCCN(C(=O)OC(C)(C)C)C2)n1. The summed E-state index contributed by atoms with van der Waals surface area (Å²) in [5.41, 5.74) is 1.65. The summed E-state index contributed by atoms with van der Waals surface area (Å²) < 4.78 is 61.8. The van der Waals surface area contributed by atoms with Crippen molar-refractivity contribution in [3.8, 4) is 22.9 Å². The Morgan fingerprint density at radius 3 is 2.64 bits per heavy atom. The van der Waals surface area contributed by atoms with Crippen LogP contribution in [-0.2, 0) is 20.5 Å². The van der Waals surface area contributed by atoms with Crippen LogP contribution in [0.15, 0.2) is 83.6 Å². The standard InChI is InChI=1S/C38H38FN7O6S/c1-23-13-14-25-26(15-16-29(39)33(25)45-53(48,49)22-31-27-10-5-6-12-32(27)52-44-31)34(23)50-35-28(11-7-18-40-35)30-17-19-41-36(43-30)42-24-9-8-20-46(21-24)37(47)51-38(2,3)4/h5-7,10-19,24,45H,8-9,20-22H2,1-4H3,(H,41,42,43)/t24-/m0/s1. The lowest BCUT2D eigenvalue weighted by Crippen LogP contribution is -2.47. The maximum Gasteiger partial charge on any atom is 0.410 e. The molecule has 0 radical (unpaired) electrons. The predicted molar refractivity (Wildman–Crippen MR) is 199 cm³/mol. The van der Waals surface area contributed by atoms with Crippen LogP contribution in [0.2, 0.25) is 0 Å². The third-order valence-corrected chi connectivity index (χ3v) is 9.81. The second-order valence-electron chi connectivity index (χ2n) is 13.8. The predicted octanol–water partition coefficient (Wildman–Crippen LogP) is 7.83. The van der Waals surface area contributed by atoms with Gasteiger partial charge < -0.3 is 24.2 Å². The Bertz CT molecular complexity index is 2430. The van der Waals surface area contributed by atoms with Crippen molar-refractivity contribution >= 4 is 49.5 Å². The highest BCUT2D eigenvalue weighted by molar-refractivity contribution is 7.92. The van der Waals surface area contributed by atoms with Crippen LogP contribution in [0, 0.1) is 12.7 Å². The van der Waals surface area contributed by atoms with Crippen molar-refractivity contribution in [2.24, 2.45) is 0 Å². The van der Waals surface area contributed by atoms with Crippen LogP contribution < -0.4 is 14.8 Å². The molecule has 53 heavy (non-hydrogen) atoms. The van der Waals surface area contributed by atoms with Crippen LogP contribution in [0.4, 0.5) is 20.8 Å². The molecule has 0 unspecified atom stereocenters. The van der Waals surface area contributed by atoms with Gasteiger partial charge in [0.05, 0.1) is 16.9 Å².